The first kappa shape index (κ1) is 9.67. The monoisotopic (exact) mass is 144 g/mol. The maximum Gasteiger partial charge on any atom is 0.111 e. The maximum absolute atomic E-state index is 12.1. The molecule has 0 rings (SSSR count). The number of alkyl halides is 1. The van der Waals surface area contributed by atoms with E-state index in [1.54, 1.807) is 0 Å². The summed E-state index contributed by atoms with van der Waals surface area (Å²) in [6.45, 7) is 7.88. The second-order valence-electron chi connectivity index (χ2n) is 2.95. The predicted octanol–water partition coefficient (Wildman–Crippen LogP) is 3.34. The fourth-order valence-corrected chi connectivity index (χ4v) is 1.29. The van der Waals surface area contributed by atoms with Gasteiger partial charge in [-0.05, 0) is 24.8 Å². The van der Waals surface area contributed by atoms with Crippen molar-refractivity contribution in [2.24, 2.45) is 5.92 Å². The SMILES string of the molecule is CCC(=C(C)CF)C(C)C. The first-order valence-corrected chi connectivity index (χ1v) is 3.87. The van der Waals surface area contributed by atoms with Gasteiger partial charge in [-0.15, -0.1) is 0 Å². The molecule has 0 aromatic heterocycles. The van der Waals surface area contributed by atoms with Crippen molar-refractivity contribution in [3.05, 3.63) is 11.1 Å². The van der Waals surface area contributed by atoms with Crippen molar-refractivity contribution < 1.29 is 4.39 Å². The molecule has 0 saturated carbocycles. The Morgan fingerprint density at radius 1 is 1.40 bits per heavy atom. The first-order chi connectivity index (χ1) is 4.63. The van der Waals surface area contributed by atoms with Crippen LogP contribution in [0.15, 0.2) is 11.1 Å². The molecular weight excluding hydrogens is 127 g/mol. The third-order valence-electron chi connectivity index (χ3n) is 1.83. The molecule has 0 aromatic rings. The summed E-state index contributed by atoms with van der Waals surface area (Å²) in [6.07, 6.45) is 0.980. The number of rotatable bonds is 3. The molecule has 0 nitrogen and oxygen atoms in total. The first-order valence-electron chi connectivity index (χ1n) is 3.87. The largest absolute Gasteiger partial charge is 0.246 e. The van der Waals surface area contributed by atoms with Gasteiger partial charge in [-0.25, -0.2) is 4.39 Å². The van der Waals surface area contributed by atoms with Gasteiger partial charge in [-0.3, -0.25) is 0 Å². The highest BCUT2D eigenvalue weighted by molar-refractivity contribution is 5.13. The summed E-state index contributed by atoms with van der Waals surface area (Å²) in [6, 6.07) is 0. The molecular formula is C9H17F. The lowest BCUT2D eigenvalue weighted by Gasteiger charge is -2.11. The summed E-state index contributed by atoms with van der Waals surface area (Å²) in [5, 5.41) is 0. The zero-order chi connectivity index (χ0) is 8.15. The van der Waals surface area contributed by atoms with Crippen LogP contribution in [0.1, 0.15) is 34.1 Å². The standard InChI is InChI=1S/C9H17F/c1-5-9(7(2)3)8(4)6-10/h7H,5-6H2,1-4H3. The average molecular weight is 144 g/mol. The highest BCUT2D eigenvalue weighted by Crippen LogP contribution is 2.18. The highest BCUT2D eigenvalue weighted by Gasteiger charge is 2.03. The Balaban J connectivity index is 4.29. The molecule has 0 saturated heterocycles. The topological polar surface area (TPSA) is 0 Å². The van der Waals surface area contributed by atoms with E-state index in [0.717, 1.165) is 12.0 Å². The number of hydrogen-bond donors (Lipinski definition) is 0. The molecule has 0 aliphatic carbocycles. The second-order valence-corrected chi connectivity index (χ2v) is 2.95. The Hall–Kier alpha value is -0.330. The van der Waals surface area contributed by atoms with Crippen LogP contribution < -0.4 is 0 Å². The molecule has 1 heteroatoms. The second kappa shape index (κ2) is 4.48. The Morgan fingerprint density at radius 3 is 2.00 bits per heavy atom. The van der Waals surface area contributed by atoms with Gasteiger partial charge in [-0.1, -0.05) is 26.3 Å². The molecule has 60 valence electrons. The van der Waals surface area contributed by atoms with Crippen molar-refractivity contribution in [3.63, 3.8) is 0 Å². The lowest BCUT2D eigenvalue weighted by Crippen LogP contribution is -1.97. The fraction of sp³-hybridized carbons (Fsp3) is 0.778. The van der Waals surface area contributed by atoms with E-state index in [9.17, 15) is 4.39 Å². The van der Waals surface area contributed by atoms with Crippen LogP contribution >= 0.6 is 0 Å². The van der Waals surface area contributed by atoms with Crippen molar-refractivity contribution in [2.75, 3.05) is 6.67 Å². The molecule has 0 radical (unpaired) electrons. The molecule has 0 atom stereocenters. The summed E-state index contributed by atoms with van der Waals surface area (Å²) < 4.78 is 12.1. The van der Waals surface area contributed by atoms with Gasteiger partial charge in [0.1, 0.15) is 6.67 Å². The molecule has 0 aliphatic heterocycles. The third-order valence-corrected chi connectivity index (χ3v) is 1.83. The van der Waals surface area contributed by atoms with E-state index in [0.29, 0.717) is 5.92 Å². The van der Waals surface area contributed by atoms with E-state index in [4.69, 9.17) is 0 Å². The van der Waals surface area contributed by atoms with Crippen LogP contribution in [0.3, 0.4) is 0 Å². The molecule has 0 heterocycles. The van der Waals surface area contributed by atoms with E-state index in [-0.39, 0.29) is 6.67 Å². The van der Waals surface area contributed by atoms with E-state index in [1.807, 2.05) is 6.92 Å². The van der Waals surface area contributed by atoms with Crippen LogP contribution in [0, 0.1) is 5.92 Å². The van der Waals surface area contributed by atoms with Crippen LogP contribution in [-0.4, -0.2) is 6.67 Å². The minimum Gasteiger partial charge on any atom is -0.246 e. The molecule has 0 amide bonds. The summed E-state index contributed by atoms with van der Waals surface area (Å²) in [7, 11) is 0. The van der Waals surface area contributed by atoms with Gasteiger partial charge in [0.05, 0.1) is 0 Å². The summed E-state index contributed by atoms with van der Waals surface area (Å²) >= 11 is 0. The van der Waals surface area contributed by atoms with Gasteiger partial charge < -0.3 is 0 Å². The van der Waals surface area contributed by atoms with E-state index >= 15 is 0 Å². The third kappa shape index (κ3) is 2.51. The van der Waals surface area contributed by atoms with Crippen LogP contribution in [0.5, 0.6) is 0 Å². The molecule has 10 heavy (non-hydrogen) atoms. The quantitative estimate of drug-likeness (QED) is 0.533. The van der Waals surface area contributed by atoms with Gasteiger partial charge in [0.2, 0.25) is 0 Å². The van der Waals surface area contributed by atoms with Gasteiger partial charge in [0.15, 0.2) is 0 Å². The van der Waals surface area contributed by atoms with Crippen molar-refractivity contribution in [1.29, 1.82) is 0 Å². The van der Waals surface area contributed by atoms with E-state index in [1.165, 1.54) is 5.57 Å². The Morgan fingerprint density at radius 2 is 1.90 bits per heavy atom. The zero-order valence-electron chi connectivity index (χ0n) is 7.37. The number of hydrogen-bond acceptors (Lipinski definition) is 0. The summed E-state index contributed by atoms with van der Waals surface area (Å²) in [5.74, 6) is 0.501. The minimum absolute atomic E-state index is 0.290. The molecule has 0 bridgehead atoms. The van der Waals surface area contributed by atoms with E-state index in [2.05, 4.69) is 20.8 Å². The summed E-state index contributed by atoms with van der Waals surface area (Å²) in [4.78, 5) is 0. The van der Waals surface area contributed by atoms with Crippen LogP contribution in [0.4, 0.5) is 4.39 Å². The van der Waals surface area contributed by atoms with Gasteiger partial charge >= 0.3 is 0 Å². The number of halogens is 1. The predicted molar refractivity (Wildman–Crippen MR) is 43.8 cm³/mol. The fourth-order valence-electron chi connectivity index (χ4n) is 1.29. The Labute approximate surface area is 63.1 Å². The lowest BCUT2D eigenvalue weighted by atomic mass is 9.96. The van der Waals surface area contributed by atoms with Crippen molar-refractivity contribution >= 4 is 0 Å². The minimum atomic E-state index is -0.290. The van der Waals surface area contributed by atoms with Gasteiger partial charge in [0.25, 0.3) is 0 Å². The van der Waals surface area contributed by atoms with Crippen molar-refractivity contribution in [2.45, 2.75) is 34.1 Å². The maximum atomic E-state index is 12.1. The molecule has 0 spiro atoms. The highest BCUT2D eigenvalue weighted by atomic mass is 19.1. The van der Waals surface area contributed by atoms with Crippen LogP contribution in [0.25, 0.3) is 0 Å². The Bertz CT molecular complexity index is 123. The van der Waals surface area contributed by atoms with E-state index < -0.39 is 0 Å². The van der Waals surface area contributed by atoms with Crippen LogP contribution in [0.2, 0.25) is 0 Å². The normalized spacial score (nSPS) is 13.8. The molecule has 0 fully saturated rings. The lowest BCUT2D eigenvalue weighted by molar-refractivity contribution is 0.532. The molecule has 0 aromatic carbocycles. The summed E-state index contributed by atoms with van der Waals surface area (Å²) in [5.41, 5.74) is 2.18. The molecule has 0 N–H and O–H groups in total. The van der Waals surface area contributed by atoms with Crippen molar-refractivity contribution in [1.82, 2.24) is 0 Å². The Kier molecular flexibility index (Phi) is 4.33. The average Bonchev–Trinajstić information content (AvgIpc) is 1.88. The number of allylic oxidation sites excluding steroid dienone is 2. The van der Waals surface area contributed by atoms with Gasteiger partial charge in [0, 0.05) is 0 Å². The van der Waals surface area contributed by atoms with Crippen LogP contribution in [-0.2, 0) is 0 Å². The van der Waals surface area contributed by atoms with Crippen molar-refractivity contribution in [3.8, 4) is 0 Å². The molecule has 0 aliphatic rings. The smallest absolute Gasteiger partial charge is 0.111 e. The zero-order valence-corrected chi connectivity index (χ0v) is 7.37. The molecule has 0 unspecified atom stereocenters. The van der Waals surface area contributed by atoms with Gasteiger partial charge in [-0.2, -0.15) is 0 Å².